The Morgan fingerprint density at radius 1 is 0.789 bits per heavy atom. The van der Waals surface area contributed by atoms with E-state index in [1.165, 1.54) is 13.3 Å². The number of hydrogen-bond donors (Lipinski definition) is 2. The molecule has 4 rings (SSSR count). The summed E-state index contributed by atoms with van der Waals surface area (Å²) < 4.78 is 10.6. The number of carbonyl (C=O) groups is 3. The van der Waals surface area contributed by atoms with Crippen LogP contribution in [0.3, 0.4) is 0 Å². The van der Waals surface area contributed by atoms with Crippen molar-refractivity contribution in [2.24, 2.45) is 5.10 Å². The molecule has 9 heteroatoms. The zero-order valence-corrected chi connectivity index (χ0v) is 20.9. The van der Waals surface area contributed by atoms with E-state index in [9.17, 15) is 14.4 Å². The molecule has 190 valence electrons. The Labute approximate surface area is 223 Å². The van der Waals surface area contributed by atoms with Crippen LogP contribution in [-0.2, 0) is 0 Å². The van der Waals surface area contributed by atoms with Crippen LogP contribution in [0.1, 0.15) is 36.6 Å². The third-order valence-corrected chi connectivity index (χ3v) is 5.60. The number of hydrazone groups is 1. The molecule has 2 amide bonds. The Morgan fingerprint density at radius 2 is 1.45 bits per heavy atom. The number of rotatable bonds is 8. The minimum Gasteiger partial charge on any atom is -0.497 e. The van der Waals surface area contributed by atoms with Crippen molar-refractivity contribution in [3.05, 3.63) is 124 Å². The molecule has 0 unspecified atom stereocenters. The van der Waals surface area contributed by atoms with Gasteiger partial charge < -0.3 is 14.8 Å². The van der Waals surface area contributed by atoms with Crippen LogP contribution >= 0.6 is 11.6 Å². The summed E-state index contributed by atoms with van der Waals surface area (Å²) in [6.45, 7) is 0. The molecule has 0 saturated heterocycles. The van der Waals surface area contributed by atoms with Gasteiger partial charge in [-0.2, -0.15) is 5.10 Å². The molecule has 8 nitrogen and oxygen atoms in total. The van der Waals surface area contributed by atoms with Gasteiger partial charge in [-0.25, -0.2) is 10.2 Å². The van der Waals surface area contributed by atoms with Crippen LogP contribution < -0.4 is 20.2 Å². The van der Waals surface area contributed by atoms with E-state index in [1.54, 1.807) is 97.1 Å². The lowest BCUT2D eigenvalue weighted by atomic mass is 10.1. The summed E-state index contributed by atoms with van der Waals surface area (Å²) in [5, 5.41) is 7.25. The Morgan fingerprint density at radius 3 is 2.18 bits per heavy atom. The number of nitrogens with zero attached hydrogens (tertiary/aromatic N) is 1. The summed E-state index contributed by atoms with van der Waals surface area (Å²) in [7, 11) is 1.54. The van der Waals surface area contributed by atoms with E-state index in [2.05, 4.69) is 15.8 Å². The summed E-state index contributed by atoms with van der Waals surface area (Å²) >= 11 is 5.88. The molecule has 0 aliphatic rings. The van der Waals surface area contributed by atoms with Crippen LogP contribution in [0.25, 0.3) is 0 Å². The van der Waals surface area contributed by atoms with Gasteiger partial charge >= 0.3 is 5.97 Å². The molecule has 38 heavy (non-hydrogen) atoms. The van der Waals surface area contributed by atoms with Crippen LogP contribution in [0.2, 0.25) is 5.02 Å². The highest BCUT2D eigenvalue weighted by atomic mass is 35.5. The van der Waals surface area contributed by atoms with Crippen LogP contribution in [0, 0.1) is 0 Å². The Hall–Kier alpha value is -4.95. The molecule has 4 aromatic carbocycles. The van der Waals surface area contributed by atoms with Crippen molar-refractivity contribution >= 4 is 41.3 Å². The lowest BCUT2D eigenvalue weighted by Crippen LogP contribution is -2.21. The maximum absolute atomic E-state index is 12.8. The molecule has 0 fully saturated rings. The number of anilines is 1. The van der Waals surface area contributed by atoms with Crippen LogP contribution in [0.4, 0.5) is 5.69 Å². The van der Waals surface area contributed by atoms with Gasteiger partial charge in [-0.3, -0.25) is 9.59 Å². The lowest BCUT2D eigenvalue weighted by molar-refractivity contribution is 0.0733. The first-order chi connectivity index (χ1) is 18.4. The van der Waals surface area contributed by atoms with E-state index in [-0.39, 0.29) is 11.3 Å². The van der Waals surface area contributed by atoms with Gasteiger partial charge in [-0.05, 0) is 72.8 Å². The molecule has 0 saturated carbocycles. The van der Waals surface area contributed by atoms with E-state index < -0.39 is 17.8 Å². The number of para-hydroxylation sites is 2. The first-order valence-electron chi connectivity index (χ1n) is 11.4. The van der Waals surface area contributed by atoms with Crippen molar-refractivity contribution in [1.29, 1.82) is 0 Å². The second kappa shape index (κ2) is 12.3. The second-order valence-electron chi connectivity index (χ2n) is 7.86. The average molecular weight is 528 g/mol. The highest BCUT2D eigenvalue weighted by Crippen LogP contribution is 2.20. The molecule has 0 aromatic heterocycles. The van der Waals surface area contributed by atoms with Gasteiger partial charge in [0.1, 0.15) is 11.5 Å². The quantitative estimate of drug-likeness (QED) is 0.135. The second-order valence-corrected chi connectivity index (χ2v) is 8.30. The van der Waals surface area contributed by atoms with Gasteiger partial charge in [0.2, 0.25) is 0 Å². The predicted octanol–water partition coefficient (Wildman–Crippen LogP) is 5.58. The van der Waals surface area contributed by atoms with Crippen molar-refractivity contribution in [2.75, 3.05) is 12.4 Å². The van der Waals surface area contributed by atoms with Gasteiger partial charge in [0.05, 0.1) is 30.1 Å². The topological polar surface area (TPSA) is 106 Å². The zero-order chi connectivity index (χ0) is 26.9. The number of esters is 1. The normalized spacial score (nSPS) is 10.6. The van der Waals surface area contributed by atoms with Crippen LogP contribution in [-0.4, -0.2) is 31.1 Å². The molecule has 0 aliphatic heterocycles. The predicted molar refractivity (Wildman–Crippen MR) is 145 cm³/mol. The molecular weight excluding hydrogens is 506 g/mol. The number of hydrogen-bond acceptors (Lipinski definition) is 6. The Bertz CT molecular complexity index is 1490. The Balaban J connectivity index is 1.43. The highest BCUT2D eigenvalue weighted by Gasteiger charge is 2.14. The number of ether oxygens (including phenoxy) is 2. The van der Waals surface area contributed by atoms with E-state index in [1.807, 2.05) is 0 Å². The van der Waals surface area contributed by atoms with Gasteiger partial charge in [0, 0.05) is 16.1 Å². The molecule has 0 spiro atoms. The van der Waals surface area contributed by atoms with E-state index in [4.69, 9.17) is 21.1 Å². The van der Waals surface area contributed by atoms with Gasteiger partial charge in [-0.15, -0.1) is 0 Å². The number of benzene rings is 4. The van der Waals surface area contributed by atoms with Crippen LogP contribution in [0.15, 0.2) is 102 Å². The fourth-order valence-electron chi connectivity index (χ4n) is 3.37. The highest BCUT2D eigenvalue weighted by molar-refractivity contribution is 6.30. The zero-order valence-electron chi connectivity index (χ0n) is 20.2. The number of methoxy groups -OCH3 is 1. The smallest absolute Gasteiger partial charge is 0.343 e. The maximum Gasteiger partial charge on any atom is 0.343 e. The summed E-state index contributed by atoms with van der Waals surface area (Å²) in [6, 6.07) is 26.2. The van der Waals surface area contributed by atoms with Gasteiger partial charge in [-0.1, -0.05) is 35.9 Å². The molecule has 0 heterocycles. The largest absolute Gasteiger partial charge is 0.497 e. The Kier molecular flexibility index (Phi) is 8.48. The number of carbonyl (C=O) groups excluding carboxylic acids is 3. The van der Waals surface area contributed by atoms with Gasteiger partial charge in [0.15, 0.2) is 0 Å². The minimum absolute atomic E-state index is 0.214. The standard InChI is InChI=1S/C29H22ClN3O5/c1-37-23-16-12-20(13-17-23)29(36)38-26-9-5-2-6-21(26)18-31-33-28(35)24-7-3-4-8-25(24)32-27(34)19-10-14-22(30)15-11-19/h2-18H,1H3,(H,32,34)(H,33,35)/b31-18-. The number of halogens is 1. The summed E-state index contributed by atoms with van der Waals surface area (Å²) in [5.41, 5.74) is 4.18. The average Bonchev–Trinajstić information content (AvgIpc) is 2.94. The van der Waals surface area contributed by atoms with E-state index in [0.717, 1.165) is 0 Å². The molecular formula is C29H22ClN3O5. The lowest BCUT2D eigenvalue weighted by Gasteiger charge is -2.10. The SMILES string of the molecule is COc1ccc(C(=O)Oc2ccccc2/C=N\NC(=O)c2ccccc2NC(=O)c2ccc(Cl)cc2)cc1. The molecule has 2 N–H and O–H groups in total. The summed E-state index contributed by atoms with van der Waals surface area (Å²) in [5.74, 6) is -0.597. The molecule has 0 radical (unpaired) electrons. The van der Waals surface area contributed by atoms with Crippen molar-refractivity contribution in [1.82, 2.24) is 5.43 Å². The van der Waals surface area contributed by atoms with E-state index >= 15 is 0 Å². The third kappa shape index (κ3) is 6.63. The molecule has 0 aliphatic carbocycles. The van der Waals surface area contributed by atoms with E-state index in [0.29, 0.717) is 33.1 Å². The molecule has 0 atom stereocenters. The fraction of sp³-hybridized carbons (Fsp3) is 0.0345. The first-order valence-corrected chi connectivity index (χ1v) is 11.8. The summed E-state index contributed by atoms with van der Waals surface area (Å²) in [6.07, 6.45) is 1.36. The third-order valence-electron chi connectivity index (χ3n) is 5.34. The van der Waals surface area contributed by atoms with Gasteiger partial charge in [0.25, 0.3) is 11.8 Å². The van der Waals surface area contributed by atoms with Crippen molar-refractivity contribution in [2.45, 2.75) is 0 Å². The monoisotopic (exact) mass is 527 g/mol. The summed E-state index contributed by atoms with van der Waals surface area (Å²) in [4.78, 5) is 38.0. The van der Waals surface area contributed by atoms with Crippen molar-refractivity contribution in [3.63, 3.8) is 0 Å². The fourth-order valence-corrected chi connectivity index (χ4v) is 3.50. The number of nitrogens with one attached hydrogen (secondary N) is 2. The van der Waals surface area contributed by atoms with Crippen LogP contribution in [0.5, 0.6) is 11.5 Å². The van der Waals surface area contributed by atoms with Crippen molar-refractivity contribution in [3.8, 4) is 11.5 Å². The molecule has 4 aromatic rings. The minimum atomic E-state index is -0.553. The first kappa shape index (κ1) is 26.1. The molecule has 0 bridgehead atoms. The van der Waals surface area contributed by atoms with Crippen molar-refractivity contribution < 1.29 is 23.9 Å². The number of amides is 2. The maximum atomic E-state index is 12.8.